The van der Waals surface area contributed by atoms with Gasteiger partial charge in [0.25, 0.3) is 15.9 Å². The van der Waals surface area contributed by atoms with Gasteiger partial charge in [-0.25, -0.2) is 31.0 Å². The van der Waals surface area contributed by atoms with E-state index in [1.165, 1.54) is 13.0 Å². The predicted molar refractivity (Wildman–Crippen MR) is 92.1 cm³/mol. The molecule has 28 heavy (non-hydrogen) atoms. The normalized spacial score (nSPS) is 11.5. The molecular formula is C16H10ClF3N4O3S. The van der Waals surface area contributed by atoms with Crippen molar-refractivity contribution in [1.29, 1.82) is 0 Å². The molecule has 0 aliphatic rings. The molecule has 0 saturated carbocycles. The van der Waals surface area contributed by atoms with E-state index < -0.39 is 44.0 Å². The zero-order valence-corrected chi connectivity index (χ0v) is 15.5. The van der Waals surface area contributed by atoms with Crippen molar-refractivity contribution in [1.82, 2.24) is 19.7 Å². The zero-order chi connectivity index (χ0) is 20.6. The number of amides is 1. The fraction of sp³-hybridized carbons (Fsp3) is 0.0625. The highest BCUT2D eigenvalue weighted by molar-refractivity contribution is 7.90. The molecule has 0 saturated heterocycles. The van der Waals surface area contributed by atoms with Crippen LogP contribution in [0.3, 0.4) is 0 Å². The van der Waals surface area contributed by atoms with Crippen molar-refractivity contribution in [2.75, 3.05) is 0 Å². The highest BCUT2D eigenvalue weighted by atomic mass is 35.5. The van der Waals surface area contributed by atoms with Gasteiger partial charge in [-0.05, 0) is 43.3 Å². The van der Waals surface area contributed by atoms with Crippen molar-refractivity contribution in [3.63, 3.8) is 0 Å². The molecule has 3 aromatic rings. The van der Waals surface area contributed by atoms with E-state index in [0.29, 0.717) is 12.1 Å². The molecule has 0 radical (unpaired) electrons. The van der Waals surface area contributed by atoms with Gasteiger partial charge in [-0.2, -0.15) is 0 Å². The van der Waals surface area contributed by atoms with Crippen LogP contribution in [0.25, 0.3) is 5.69 Å². The largest absolute Gasteiger partial charge is 0.287 e. The van der Waals surface area contributed by atoms with E-state index >= 15 is 0 Å². The molecule has 2 aromatic carbocycles. The standard InChI is InChI=1S/C16H10ClF3N4O3S/c1-8-15(21-23-24(8)13-5-3-9(18)6-11(13)17)16(25)22-28(26,27)14-7-10(19)2-4-12(14)20/h2-7H,1H3,(H,22,25). The molecule has 3 rings (SSSR count). The highest BCUT2D eigenvalue weighted by Gasteiger charge is 2.26. The van der Waals surface area contributed by atoms with Crippen LogP contribution < -0.4 is 4.72 Å². The molecule has 0 atom stereocenters. The van der Waals surface area contributed by atoms with Gasteiger partial charge in [0.2, 0.25) is 0 Å². The molecule has 0 bridgehead atoms. The molecule has 0 aliphatic heterocycles. The highest BCUT2D eigenvalue weighted by Crippen LogP contribution is 2.23. The number of sulfonamides is 1. The maximum absolute atomic E-state index is 13.7. The molecule has 0 fully saturated rings. The Hall–Kier alpha value is -2.92. The first-order valence-corrected chi connectivity index (χ1v) is 9.36. The molecule has 1 aromatic heterocycles. The summed E-state index contributed by atoms with van der Waals surface area (Å²) in [5.41, 5.74) is -0.118. The summed E-state index contributed by atoms with van der Waals surface area (Å²) in [6, 6.07) is 5.21. The minimum Gasteiger partial charge on any atom is -0.266 e. The molecule has 7 nitrogen and oxygen atoms in total. The SMILES string of the molecule is Cc1c(C(=O)NS(=O)(=O)c2cc(F)ccc2F)nnn1-c1ccc(F)cc1Cl. The van der Waals surface area contributed by atoms with Crippen molar-refractivity contribution >= 4 is 27.5 Å². The van der Waals surface area contributed by atoms with Gasteiger partial charge in [-0.3, -0.25) is 4.79 Å². The van der Waals surface area contributed by atoms with Crippen molar-refractivity contribution in [2.45, 2.75) is 11.8 Å². The lowest BCUT2D eigenvalue weighted by molar-refractivity contribution is 0.0976. The van der Waals surface area contributed by atoms with Gasteiger partial charge >= 0.3 is 0 Å². The van der Waals surface area contributed by atoms with E-state index in [2.05, 4.69) is 10.3 Å². The number of carbonyl (C=O) groups excluding carboxylic acids is 1. The Morgan fingerprint density at radius 3 is 2.43 bits per heavy atom. The van der Waals surface area contributed by atoms with Gasteiger partial charge in [0.1, 0.15) is 22.3 Å². The number of nitrogens with one attached hydrogen (secondary N) is 1. The maximum Gasteiger partial charge on any atom is 0.287 e. The lowest BCUT2D eigenvalue weighted by atomic mass is 10.3. The summed E-state index contributed by atoms with van der Waals surface area (Å²) in [7, 11) is -4.71. The molecule has 146 valence electrons. The Balaban J connectivity index is 1.94. The average Bonchev–Trinajstić information content (AvgIpc) is 2.98. The minimum absolute atomic E-state index is 0.0191. The number of aromatic nitrogens is 3. The summed E-state index contributed by atoms with van der Waals surface area (Å²) in [4.78, 5) is 11.3. The van der Waals surface area contributed by atoms with Crippen LogP contribution in [0.1, 0.15) is 16.2 Å². The van der Waals surface area contributed by atoms with Crippen molar-refractivity contribution < 1.29 is 26.4 Å². The third-order valence-electron chi connectivity index (χ3n) is 3.66. The minimum atomic E-state index is -4.71. The van der Waals surface area contributed by atoms with E-state index in [0.717, 1.165) is 22.9 Å². The van der Waals surface area contributed by atoms with Crippen LogP contribution in [0.2, 0.25) is 5.02 Å². The topological polar surface area (TPSA) is 93.9 Å². The predicted octanol–water partition coefficient (Wildman–Crippen LogP) is 2.77. The molecule has 1 amide bonds. The fourth-order valence-corrected chi connectivity index (χ4v) is 3.62. The van der Waals surface area contributed by atoms with Crippen LogP contribution in [-0.4, -0.2) is 29.3 Å². The second-order valence-electron chi connectivity index (χ2n) is 5.54. The van der Waals surface area contributed by atoms with Crippen LogP contribution in [0, 0.1) is 24.4 Å². The fourth-order valence-electron chi connectivity index (χ4n) is 2.33. The first-order chi connectivity index (χ1) is 13.1. The third kappa shape index (κ3) is 3.71. The molecule has 0 aliphatic carbocycles. The number of benzene rings is 2. The number of nitrogens with zero attached hydrogens (tertiary/aromatic N) is 3. The number of carbonyl (C=O) groups is 1. The smallest absolute Gasteiger partial charge is 0.266 e. The second kappa shape index (κ2) is 7.24. The number of hydrogen-bond acceptors (Lipinski definition) is 5. The monoisotopic (exact) mass is 430 g/mol. The van der Waals surface area contributed by atoms with E-state index in [9.17, 15) is 26.4 Å². The molecule has 12 heteroatoms. The van der Waals surface area contributed by atoms with Gasteiger partial charge < -0.3 is 0 Å². The maximum atomic E-state index is 13.7. The number of hydrogen-bond donors (Lipinski definition) is 1. The number of halogens is 4. The molecular weight excluding hydrogens is 421 g/mol. The van der Waals surface area contributed by atoms with Crippen molar-refractivity contribution in [3.05, 3.63) is 70.3 Å². The Bertz CT molecular complexity index is 1200. The quantitative estimate of drug-likeness (QED) is 0.687. The Morgan fingerprint density at radius 2 is 1.75 bits per heavy atom. The molecule has 0 unspecified atom stereocenters. The average molecular weight is 431 g/mol. The summed E-state index contributed by atoms with van der Waals surface area (Å²) in [6.07, 6.45) is 0. The van der Waals surface area contributed by atoms with Crippen LogP contribution in [-0.2, 0) is 10.0 Å². The van der Waals surface area contributed by atoms with E-state index in [1.807, 2.05) is 0 Å². The van der Waals surface area contributed by atoms with E-state index in [-0.39, 0.29) is 16.4 Å². The van der Waals surface area contributed by atoms with Gasteiger partial charge in [-0.1, -0.05) is 16.8 Å². The van der Waals surface area contributed by atoms with Crippen LogP contribution in [0.5, 0.6) is 0 Å². The lowest BCUT2D eigenvalue weighted by Gasteiger charge is -2.08. The zero-order valence-electron chi connectivity index (χ0n) is 14.0. The van der Waals surface area contributed by atoms with E-state index in [4.69, 9.17) is 11.6 Å². The van der Waals surface area contributed by atoms with E-state index in [1.54, 1.807) is 4.72 Å². The summed E-state index contributed by atoms with van der Waals surface area (Å²) < 4.78 is 67.3. The second-order valence-corrected chi connectivity index (χ2v) is 7.60. The van der Waals surface area contributed by atoms with Crippen LogP contribution in [0.15, 0.2) is 41.3 Å². The van der Waals surface area contributed by atoms with Gasteiger partial charge in [0, 0.05) is 0 Å². The summed E-state index contributed by atoms with van der Waals surface area (Å²) in [6.45, 7) is 1.39. The first kappa shape index (κ1) is 19.8. The molecule has 1 heterocycles. The van der Waals surface area contributed by atoms with Crippen molar-refractivity contribution in [3.8, 4) is 5.69 Å². The number of rotatable bonds is 4. The third-order valence-corrected chi connectivity index (χ3v) is 5.31. The molecule has 1 N–H and O–H groups in total. The Morgan fingerprint density at radius 1 is 1.11 bits per heavy atom. The van der Waals surface area contributed by atoms with Gasteiger partial charge in [0.05, 0.1) is 16.4 Å². The van der Waals surface area contributed by atoms with Gasteiger partial charge in [0.15, 0.2) is 5.69 Å². The van der Waals surface area contributed by atoms with Gasteiger partial charge in [-0.15, -0.1) is 5.10 Å². The summed E-state index contributed by atoms with van der Waals surface area (Å²) in [5, 5.41) is 7.27. The van der Waals surface area contributed by atoms with Crippen molar-refractivity contribution in [2.24, 2.45) is 0 Å². The Kier molecular flexibility index (Phi) is 5.13. The lowest BCUT2D eigenvalue weighted by Crippen LogP contribution is -2.32. The Labute approximate surface area is 161 Å². The summed E-state index contributed by atoms with van der Waals surface area (Å²) in [5.74, 6) is -4.04. The first-order valence-electron chi connectivity index (χ1n) is 7.50. The van der Waals surface area contributed by atoms with Crippen LogP contribution >= 0.6 is 11.6 Å². The summed E-state index contributed by atoms with van der Waals surface area (Å²) >= 11 is 5.94. The van der Waals surface area contributed by atoms with Crippen LogP contribution in [0.4, 0.5) is 13.2 Å². The molecule has 0 spiro atoms.